The third-order valence-corrected chi connectivity index (χ3v) is 5.45. The van der Waals surface area contributed by atoms with Crippen LogP contribution in [0.25, 0.3) is 27.8 Å². The zero-order valence-corrected chi connectivity index (χ0v) is 17.4. The first-order valence-electron chi connectivity index (χ1n) is 9.59. The molecule has 0 aliphatic carbocycles. The summed E-state index contributed by atoms with van der Waals surface area (Å²) in [4.78, 5) is 34.9. The van der Waals surface area contributed by atoms with Crippen molar-refractivity contribution in [3.8, 4) is 5.95 Å². The fraction of sp³-hybridized carbons (Fsp3) is 0.350. The Labute approximate surface area is 171 Å². The maximum atomic E-state index is 13.1. The van der Waals surface area contributed by atoms with E-state index in [1.807, 2.05) is 13.0 Å². The molecule has 4 aromatic heterocycles. The first-order valence-corrected chi connectivity index (χ1v) is 10.6. The minimum absolute atomic E-state index is 0.131. The molecule has 0 aliphatic heterocycles. The predicted molar refractivity (Wildman–Crippen MR) is 115 cm³/mol. The standard InChI is InChI=1S/C20H22N6O2S/c1-4-29-20-22-19(23-24-20)26-10-7-16-14(18(26)28)11-13-15(21-16)6-9-25(17(13)27)8-5-12(2)3/h6-7,9-12H,4-5,8H2,1-3H3,(H,22,23,24). The number of nitrogens with one attached hydrogen (secondary N) is 1. The van der Waals surface area contributed by atoms with Crippen LogP contribution < -0.4 is 11.1 Å². The molecule has 9 heteroatoms. The van der Waals surface area contributed by atoms with E-state index < -0.39 is 0 Å². The highest BCUT2D eigenvalue weighted by Gasteiger charge is 2.13. The van der Waals surface area contributed by atoms with Gasteiger partial charge in [0.25, 0.3) is 11.1 Å². The van der Waals surface area contributed by atoms with Gasteiger partial charge in [0.15, 0.2) is 0 Å². The molecule has 29 heavy (non-hydrogen) atoms. The summed E-state index contributed by atoms with van der Waals surface area (Å²) in [6.07, 6.45) is 4.30. The molecular formula is C20H22N6O2S. The van der Waals surface area contributed by atoms with Crippen LogP contribution in [-0.2, 0) is 6.54 Å². The molecule has 0 saturated heterocycles. The molecule has 0 radical (unpaired) electrons. The Morgan fingerprint density at radius 1 is 1.07 bits per heavy atom. The van der Waals surface area contributed by atoms with Gasteiger partial charge < -0.3 is 4.57 Å². The Morgan fingerprint density at radius 2 is 1.79 bits per heavy atom. The molecule has 4 heterocycles. The Balaban J connectivity index is 1.85. The van der Waals surface area contributed by atoms with E-state index in [0.717, 1.165) is 12.2 Å². The third kappa shape index (κ3) is 3.69. The van der Waals surface area contributed by atoms with Crippen LogP contribution in [0.15, 0.2) is 45.3 Å². The second kappa shape index (κ2) is 7.82. The lowest BCUT2D eigenvalue weighted by molar-refractivity contribution is 0.509. The maximum absolute atomic E-state index is 13.1. The number of aromatic amines is 1. The van der Waals surface area contributed by atoms with E-state index in [2.05, 4.69) is 34.0 Å². The number of aryl methyl sites for hydroxylation is 1. The van der Waals surface area contributed by atoms with Crippen molar-refractivity contribution >= 4 is 33.6 Å². The van der Waals surface area contributed by atoms with Crippen LogP contribution >= 0.6 is 11.8 Å². The number of hydrogen-bond acceptors (Lipinski definition) is 6. The van der Waals surface area contributed by atoms with Gasteiger partial charge in [-0.15, -0.1) is 5.10 Å². The highest BCUT2D eigenvalue weighted by Crippen LogP contribution is 2.16. The summed E-state index contributed by atoms with van der Waals surface area (Å²) in [5.41, 5.74) is 0.703. The number of aromatic nitrogens is 6. The van der Waals surface area contributed by atoms with Gasteiger partial charge in [0.1, 0.15) is 0 Å². The van der Waals surface area contributed by atoms with Crippen molar-refractivity contribution in [2.75, 3.05) is 5.75 Å². The van der Waals surface area contributed by atoms with E-state index in [0.29, 0.717) is 45.4 Å². The Kier molecular flexibility index (Phi) is 5.23. The first-order chi connectivity index (χ1) is 14.0. The van der Waals surface area contributed by atoms with Gasteiger partial charge in [0, 0.05) is 18.9 Å². The van der Waals surface area contributed by atoms with E-state index in [9.17, 15) is 9.59 Å². The minimum Gasteiger partial charge on any atom is -0.315 e. The van der Waals surface area contributed by atoms with Crippen molar-refractivity contribution in [2.45, 2.75) is 38.9 Å². The normalized spacial score (nSPS) is 11.7. The SMILES string of the molecule is CCSc1n[nH]c(-n2ccc3nc4ccn(CCC(C)C)c(=O)c4cc3c2=O)n1. The van der Waals surface area contributed by atoms with Crippen LogP contribution in [0.5, 0.6) is 0 Å². The topological polar surface area (TPSA) is 98.5 Å². The van der Waals surface area contributed by atoms with Crippen LogP contribution in [-0.4, -0.2) is 35.1 Å². The average Bonchev–Trinajstić information content (AvgIpc) is 3.15. The number of rotatable bonds is 6. The van der Waals surface area contributed by atoms with Crippen molar-refractivity contribution in [1.82, 2.24) is 29.3 Å². The van der Waals surface area contributed by atoms with Gasteiger partial charge in [-0.1, -0.05) is 32.5 Å². The number of thioether (sulfide) groups is 1. The van der Waals surface area contributed by atoms with Crippen molar-refractivity contribution in [2.24, 2.45) is 5.92 Å². The fourth-order valence-corrected chi connectivity index (χ4v) is 3.66. The molecule has 0 bridgehead atoms. The Hall–Kier alpha value is -2.94. The number of nitrogens with zero attached hydrogens (tertiary/aromatic N) is 5. The number of pyridine rings is 3. The number of fused-ring (bicyclic) bond motifs is 2. The van der Waals surface area contributed by atoms with Crippen LogP contribution in [0.3, 0.4) is 0 Å². The summed E-state index contributed by atoms with van der Waals surface area (Å²) < 4.78 is 3.07. The summed E-state index contributed by atoms with van der Waals surface area (Å²) in [6, 6.07) is 5.21. The third-order valence-electron chi connectivity index (χ3n) is 4.72. The Bertz CT molecular complexity index is 1300. The molecule has 0 aliphatic rings. The van der Waals surface area contributed by atoms with Crippen molar-refractivity contribution in [3.63, 3.8) is 0 Å². The lowest BCUT2D eigenvalue weighted by Gasteiger charge is -2.09. The van der Waals surface area contributed by atoms with Gasteiger partial charge in [0.05, 0.1) is 21.8 Å². The highest BCUT2D eigenvalue weighted by atomic mass is 32.2. The lowest BCUT2D eigenvalue weighted by atomic mass is 10.1. The van der Waals surface area contributed by atoms with E-state index in [1.54, 1.807) is 29.1 Å². The molecule has 0 aromatic carbocycles. The molecule has 4 aromatic rings. The van der Waals surface area contributed by atoms with Crippen molar-refractivity contribution < 1.29 is 0 Å². The smallest absolute Gasteiger partial charge is 0.266 e. The van der Waals surface area contributed by atoms with Crippen molar-refractivity contribution in [3.05, 3.63) is 51.3 Å². The zero-order chi connectivity index (χ0) is 20.5. The summed E-state index contributed by atoms with van der Waals surface area (Å²) >= 11 is 1.49. The van der Waals surface area contributed by atoms with Crippen LogP contribution in [0.2, 0.25) is 0 Å². The summed E-state index contributed by atoms with van der Waals surface area (Å²) in [7, 11) is 0. The maximum Gasteiger partial charge on any atom is 0.266 e. The van der Waals surface area contributed by atoms with E-state index in [-0.39, 0.29) is 11.1 Å². The fourth-order valence-electron chi connectivity index (χ4n) is 3.14. The number of hydrogen-bond donors (Lipinski definition) is 1. The average molecular weight is 411 g/mol. The van der Waals surface area contributed by atoms with Crippen LogP contribution in [0.1, 0.15) is 27.2 Å². The van der Waals surface area contributed by atoms with Gasteiger partial charge in [-0.25, -0.2) is 10.1 Å². The quantitative estimate of drug-likeness (QED) is 0.388. The molecule has 4 rings (SSSR count). The lowest BCUT2D eigenvalue weighted by Crippen LogP contribution is -2.22. The summed E-state index contributed by atoms with van der Waals surface area (Å²) in [5.74, 6) is 1.68. The van der Waals surface area contributed by atoms with Gasteiger partial charge in [0.2, 0.25) is 11.1 Å². The second-order valence-electron chi connectivity index (χ2n) is 7.22. The van der Waals surface area contributed by atoms with E-state index >= 15 is 0 Å². The number of H-pyrrole nitrogens is 1. The zero-order valence-electron chi connectivity index (χ0n) is 16.5. The van der Waals surface area contributed by atoms with Gasteiger partial charge in [-0.2, -0.15) is 4.98 Å². The molecule has 1 N–H and O–H groups in total. The first kappa shape index (κ1) is 19.4. The largest absolute Gasteiger partial charge is 0.315 e. The molecule has 0 atom stereocenters. The molecule has 0 saturated carbocycles. The Morgan fingerprint density at radius 3 is 2.52 bits per heavy atom. The van der Waals surface area contributed by atoms with Crippen LogP contribution in [0, 0.1) is 5.92 Å². The predicted octanol–water partition coefficient (Wildman–Crippen LogP) is 2.98. The minimum atomic E-state index is -0.293. The van der Waals surface area contributed by atoms with Crippen LogP contribution in [0.4, 0.5) is 0 Å². The van der Waals surface area contributed by atoms with E-state index in [4.69, 9.17) is 0 Å². The molecule has 150 valence electrons. The molecule has 8 nitrogen and oxygen atoms in total. The van der Waals surface area contributed by atoms with Crippen molar-refractivity contribution in [1.29, 1.82) is 0 Å². The monoisotopic (exact) mass is 410 g/mol. The van der Waals surface area contributed by atoms with Gasteiger partial charge in [-0.05, 0) is 36.3 Å². The summed E-state index contributed by atoms with van der Waals surface area (Å²) in [5, 5.41) is 8.30. The molecule has 0 spiro atoms. The van der Waals surface area contributed by atoms with Gasteiger partial charge >= 0.3 is 0 Å². The molecule has 0 fully saturated rings. The second-order valence-corrected chi connectivity index (χ2v) is 8.45. The molecular weight excluding hydrogens is 388 g/mol. The van der Waals surface area contributed by atoms with E-state index in [1.165, 1.54) is 16.3 Å². The molecule has 0 amide bonds. The molecule has 0 unspecified atom stereocenters. The highest BCUT2D eigenvalue weighted by molar-refractivity contribution is 7.99. The summed E-state index contributed by atoms with van der Waals surface area (Å²) in [6.45, 7) is 6.89. The van der Waals surface area contributed by atoms with Gasteiger partial charge in [-0.3, -0.25) is 14.2 Å².